The van der Waals surface area contributed by atoms with Gasteiger partial charge >= 0.3 is 0 Å². The lowest BCUT2D eigenvalue weighted by atomic mass is 9.90. The Hall–Kier alpha value is -8.47. The van der Waals surface area contributed by atoms with E-state index in [0.29, 0.717) is 49.5 Å². The van der Waals surface area contributed by atoms with E-state index in [4.69, 9.17) is 6.57 Å². The van der Waals surface area contributed by atoms with E-state index in [1.54, 1.807) is 6.92 Å². The van der Waals surface area contributed by atoms with Gasteiger partial charge in [-0.3, -0.25) is 0 Å². The van der Waals surface area contributed by atoms with Crippen molar-refractivity contribution in [2.75, 3.05) is 39.3 Å². The maximum Gasteiger partial charge on any atom is 0.260 e. The highest BCUT2D eigenvalue weighted by Gasteiger charge is 2.27. The quantitative estimate of drug-likeness (QED) is 0.0138. The number of benzene rings is 6. The Bertz CT molecular complexity index is 4320. The van der Waals surface area contributed by atoms with Crippen LogP contribution in [0.2, 0.25) is 0 Å². The van der Waals surface area contributed by atoms with Crippen LogP contribution in [0, 0.1) is 17.9 Å². The van der Waals surface area contributed by atoms with Crippen LogP contribution in [0.1, 0.15) is 252 Å². The van der Waals surface area contributed by atoms with Crippen molar-refractivity contribution in [1.82, 2.24) is 61.8 Å². The summed E-state index contributed by atoms with van der Waals surface area (Å²) in [6.45, 7) is 63.9. The van der Waals surface area contributed by atoms with E-state index < -0.39 is 17.8 Å². The standard InChI is InChI=1S/C17H26N2.C16H23FN2.C16H21N3.C16H24N2.C15H20F2N2.C15H21FN2.5C2H6/c1-5-17(3,4)12-19-13(2)10-14-11-18-16-9-7-6-8-15(14)16;1-4-16(3,17)11-19-12(2)9-13-10-18-15-8-6-5-7-14(13)15;1-4-14(17-3)11-18-12(2)9-13-10-19-16-8-6-5-7-15(13)16;1-4-12(2)10-17-13(3)9-14-11-18-16-8-6-5-7-15(14)16;1-3-15(16,17)10-19-11(2)8-12-9-18-14-7-5-4-6-13(12)14;1-3-13(16)10-17-11(2)8-12-9-18-15-7-5-4-6-14(12)15;5*1-2/h6-9,11,13,18-19H,5,10,12H2,1-4H3;5-8,10,12,18-19H,4,9,11H2,1-3H3;5-8,10,12,14,18-19H,4,9,11H2,1-2H3;5-8,11-13,17-18H,4,9-10H2,1-3H3;4-7,9,11,18-19H,3,8,10H2,1-2H3;4-7,9,11,13,17-18H,3,8,10H2,1-2H3;5*1-2H3/t13-;12-,16?;12-,14?;12?,13-;11-;11-,13?;;;;;/m111111...../s1. The van der Waals surface area contributed by atoms with Gasteiger partial charge in [-0.2, -0.15) is 0 Å². The van der Waals surface area contributed by atoms with E-state index in [1.807, 2.05) is 145 Å². The third kappa shape index (κ3) is 39.6. The van der Waals surface area contributed by atoms with E-state index in [2.05, 4.69) is 271 Å². The minimum absolute atomic E-state index is 0.0247. The number of halogens is 4. The molecule has 0 aliphatic carbocycles. The van der Waals surface area contributed by atoms with E-state index in [1.165, 1.54) is 96.5 Å². The molecular weight excluding hydrogens is 1520 g/mol. The number of para-hydroxylation sites is 6. The second kappa shape index (κ2) is 61.0. The average Bonchev–Trinajstić information content (AvgIpc) is 1.72. The summed E-state index contributed by atoms with van der Waals surface area (Å²) in [4.78, 5) is 23.3. The maximum atomic E-state index is 13.8. The molecule has 0 bridgehead atoms. The number of hydrogen-bond acceptors (Lipinski definition) is 6. The van der Waals surface area contributed by atoms with Gasteiger partial charge in [0, 0.05) is 171 Å². The van der Waals surface area contributed by atoms with Crippen molar-refractivity contribution < 1.29 is 17.6 Å². The van der Waals surface area contributed by atoms with Crippen molar-refractivity contribution >= 4 is 65.4 Å². The van der Waals surface area contributed by atoms with Crippen molar-refractivity contribution in [2.45, 2.75) is 317 Å². The van der Waals surface area contributed by atoms with Crippen LogP contribution in [0.4, 0.5) is 17.6 Å². The molecule has 0 aliphatic heterocycles. The number of aromatic amines is 6. The molecule has 12 rings (SSSR count). The SMILES string of the molecule is CC.CC.CC.CC.CC.CCC(C)(C)CN[C@H](C)Cc1c[nH]c2ccccc12.CCC(C)(F)CN[C@H](C)Cc1c[nH]c2ccccc12.CCC(C)CN[C@H](C)Cc1c[nH]c2ccccc12.CCC(F)(F)CN[C@H](C)Cc1c[nH]c2ccccc12.CCC(F)CN[C@H](C)Cc1c[nH]c2ccccc12.[C-]#[N+]C(CC)CN[C@H](C)Cc1c[nH]c2ccccc12. The first-order valence-corrected chi connectivity index (χ1v) is 46.5. The highest BCUT2D eigenvalue weighted by molar-refractivity contribution is 5.86. The molecule has 0 amide bonds. The van der Waals surface area contributed by atoms with Crippen molar-refractivity contribution in [3.8, 4) is 0 Å². The number of nitrogens with zero attached hydrogens (tertiary/aromatic N) is 1. The van der Waals surface area contributed by atoms with Gasteiger partial charge in [-0.15, -0.1) is 0 Å². The van der Waals surface area contributed by atoms with Crippen molar-refractivity contribution in [1.29, 1.82) is 0 Å². The van der Waals surface area contributed by atoms with E-state index in [0.717, 1.165) is 92.6 Å². The average molecular weight is 1690 g/mol. The van der Waals surface area contributed by atoms with Crippen LogP contribution in [0.25, 0.3) is 70.3 Å². The Kier molecular flexibility index (Phi) is 54.8. The van der Waals surface area contributed by atoms with Crippen LogP contribution in [0.5, 0.6) is 0 Å². The molecule has 4 unspecified atom stereocenters. The van der Waals surface area contributed by atoms with Gasteiger partial charge in [0.05, 0.1) is 13.1 Å². The zero-order valence-electron chi connectivity index (χ0n) is 80.2. The van der Waals surface area contributed by atoms with Gasteiger partial charge in [-0.25, -0.2) is 24.1 Å². The van der Waals surface area contributed by atoms with Crippen molar-refractivity contribution in [2.24, 2.45) is 11.3 Å². The lowest BCUT2D eigenvalue weighted by Crippen LogP contribution is -2.39. The summed E-state index contributed by atoms with van der Waals surface area (Å²) in [5.41, 5.74) is 14.2. The van der Waals surface area contributed by atoms with Crippen molar-refractivity contribution in [3.63, 3.8) is 0 Å². The van der Waals surface area contributed by atoms with Crippen LogP contribution in [-0.2, 0) is 38.5 Å². The van der Waals surface area contributed by atoms with Crippen LogP contribution < -0.4 is 31.9 Å². The first kappa shape index (κ1) is 110. The lowest BCUT2D eigenvalue weighted by Gasteiger charge is -2.25. The van der Waals surface area contributed by atoms with E-state index in [-0.39, 0.29) is 37.1 Å². The molecule has 6 heterocycles. The van der Waals surface area contributed by atoms with Gasteiger partial charge in [0.2, 0.25) is 6.04 Å². The summed E-state index contributed by atoms with van der Waals surface area (Å²) in [5, 5.41) is 27.9. The first-order valence-electron chi connectivity index (χ1n) is 46.5. The molecule has 0 aliphatic rings. The Morgan fingerprint density at radius 2 is 0.574 bits per heavy atom. The van der Waals surface area contributed by atoms with Crippen LogP contribution in [0.15, 0.2) is 183 Å². The highest BCUT2D eigenvalue weighted by Crippen LogP contribution is 2.27. The molecule has 678 valence electrons. The summed E-state index contributed by atoms with van der Waals surface area (Å²) in [6, 6.07) is 52.1. The number of aromatic nitrogens is 6. The number of fused-ring (bicyclic) bond motifs is 6. The van der Waals surface area contributed by atoms with Crippen molar-refractivity contribution in [3.05, 3.63) is 228 Å². The molecule has 0 radical (unpaired) electrons. The summed E-state index contributed by atoms with van der Waals surface area (Å²) in [6.07, 6.45) is 21.8. The van der Waals surface area contributed by atoms with E-state index in [9.17, 15) is 17.6 Å². The van der Waals surface area contributed by atoms with Gasteiger partial charge in [-0.05, 0) is 194 Å². The second-order valence-electron chi connectivity index (χ2n) is 32.4. The van der Waals surface area contributed by atoms with Gasteiger partial charge < -0.3 is 66.6 Å². The molecule has 13 nitrogen and oxygen atoms in total. The van der Waals surface area contributed by atoms with Crippen LogP contribution >= 0.6 is 0 Å². The Morgan fingerprint density at radius 1 is 0.320 bits per heavy atom. The smallest absolute Gasteiger partial charge is 0.260 e. The minimum atomic E-state index is -2.62. The number of hydrogen-bond donors (Lipinski definition) is 12. The fourth-order valence-corrected chi connectivity index (χ4v) is 13.4. The summed E-state index contributed by atoms with van der Waals surface area (Å²) < 4.78 is 53.4. The van der Waals surface area contributed by atoms with Gasteiger partial charge in [0.15, 0.2) is 0 Å². The lowest BCUT2D eigenvalue weighted by molar-refractivity contribution is -0.00364. The number of nitrogens with one attached hydrogen (secondary N) is 12. The molecule has 0 saturated carbocycles. The molecule has 12 N–H and O–H groups in total. The van der Waals surface area contributed by atoms with Gasteiger partial charge in [0.25, 0.3) is 5.92 Å². The summed E-state index contributed by atoms with van der Waals surface area (Å²) >= 11 is 0. The summed E-state index contributed by atoms with van der Waals surface area (Å²) in [7, 11) is 0. The molecule has 6 aromatic heterocycles. The Balaban J connectivity index is 0.000000485. The highest BCUT2D eigenvalue weighted by atomic mass is 19.3. The maximum absolute atomic E-state index is 13.8. The van der Waals surface area contributed by atoms with Crippen LogP contribution in [0.3, 0.4) is 0 Å². The minimum Gasteiger partial charge on any atom is -0.361 e. The molecule has 122 heavy (non-hydrogen) atoms. The number of alkyl halides is 4. The molecule has 0 saturated heterocycles. The van der Waals surface area contributed by atoms with Gasteiger partial charge in [-0.1, -0.05) is 247 Å². The summed E-state index contributed by atoms with van der Waals surface area (Å²) in [5.74, 6) is -1.86. The van der Waals surface area contributed by atoms with E-state index >= 15 is 0 Å². The fourth-order valence-electron chi connectivity index (χ4n) is 13.4. The molecule has 12 aromatic rings. The molecule has 0 spiro atoms. The zero-order chi connectivity index (χ0) is 91.2. The fraction of sp³-hybridized carbons (Fsp3) is 0.533. The molecule has 17 heteroatoms. The number of H-pyrrole nitrogens is 6. The third-order valence-corrected chi connectivity index (χ3v) is 21.9. The zero-order valence-corrected chi connectivity index (χ0v) is 80.2. The normalized spacial score (nSPS) is 13.7. The topological polar surface area (TPSA) is 171 Å². The molecule has 6 aromatic carbocycles. The monoisotopic (exact) mass is 1680 g/mol. The Morgan fingerprint density at radius 3 is 0.820 bits per heavy atom. The number of rotatable bonds is 36. The predicted octanol–water partition coefficient (Wildman–Crippen LogP) is 27.4. The molecular formula is C105H165F4N13. The first-order chi connectivity index (χ1) is 58.7. The molecule has 10 atom stereocenters. The predicted molar refractivity (Wildman–Crippen MR) is 528 cm³/mol. The third-order valence-electron chi connectivity index (χ3n) is 21.9. The largest absolute Gasteiger partial charge is 0.361 e. The molecule has 0 fully saturated rings. The second-order valence-corrected chi connectivity index (χ2v) is 32.4. The van der Waals surface area contributed by atoms with Gasteiger partial charge in [0.1, 0.15) is 11.8 Å². The Labute approximate surface area is 735 Å². The van der Waals surface area contributed by atoms with Crippen LogP contribution in [-0.4, -0.2) is 129 Å².